The SMILES string of the molecule is COCCN(C(=O)c1cccc2ccccc12)C(C)c1nc2ccccc2c(=O)n1-c1ccc(C)cc1C. The van der Waals surface area contributed by atoms with E-state index < -0.39 is 6.04 Å². The van der Waals surface area contributed by atoms with Crippen molar-refractivity contribution >= 4 is 27.6 Å². The third-order valence-corrected chi connectivity index (χ3v) is 7.05. The fraction of sp³-hybridized carbons (Fsp3) is 0.219. The lowest BCUT2D eigenvalue weighted by Gasteiger charge is -2.31. The van der Waals surface area contributed by atoms with E-state index in [1.54, 1.807) is 22.6 Å². The summed E-state index contributed by atoms with van der Waals surface area (Å²) in [5.41, 5.74) is 3.87. The van der Waals surface area contributed by atoms with E-state index in [1.165, 1.54) is 0 Å². The number of nitrogens with zero attached hydrogens (tertiary/aromatic N) is 3. The van der Waals surface area contributed by atoms with Crippen LogP contribution in [-0.2, 0) is 4.74 Å². The van der Waals surface area contributed by atoms with Crippen LogP contribution in [0.15, 0.2) is 89.7 Å². The summed E-state index contributed by atoms with van der Waals surface area (Å²) in [6, 6.07) is 26.4. The number of ether oxygens (including phenoxy) is 1. The number of hydrogen-bond acceptors (Lipinski definition) is 4. The molecule has 1 unspecified atom stereocenters. The number of fused-ring (bicyclic) bond motifs is 2. The van der Waals surface area contributed by atoms with Gasteiger partial charge in [0.1, 0.15) is 5.82 Å². The van der Waals surface area contributed by atoms with Crippen LogP contribution in [-0.4, -0.2) is 40.6 Å². The van der Waals surface area contributed by atoms with Crippen molar-refractivity contribution in [2.45, 2.75) is 26.8 Å². The maximum Gasteiger partial charge on any atom is 0.266 e. The summed E-state index contributed by atoms with van der Waals surface area (Å²) in [6.07, 6.45) is 0. The van der Waals surface area contributed by atoms with Crippen LogP contribution in [0.2, 0.25) is 0 Å². The number of rotatable bonds is 7. The van der Waals surface area contributed by atoms with E-state index in [2.05, 4.69) is 6.07 Å². The molecule has 0 N–H and O–H groups in total. The highest BCUT2D eigenvalue weighted by molar-refractivity contribution is 6.07. The second-order valence-corrected chi connectivity index (χ2v) is 9.61. The average molecular weight is 506 g/mol. The lowest BCUT2D eigenvalue weighted by atomic mass is 10.0. The van der Waals surface area contributed by atoms with Crippen LogP contribution < -0.4 is 5.56 Å². The number of aryl methyl sites for hydroxylation is 2. The van der Waals surface area contributed by atoms with Crippen molar-refractivity contribution in [2.24, 2.45) is 0 Å². The molecule has 0 radical (unpaired) electrons. The number of aromatic nitrogens is 2. The Morgan fingerprint density at radius 1 is 0.947 bits per heavy atom. The predicted molar refractivity (Wildman–Crippen MR) is 152 cm³/mol. The molecule has 0 bridgehead atoms. The Kier molecular flexibility index (Phi) is 7.07. The Morgan fingerprint density at radius 3 is 2.42 bits per heavy atom. The molecule has 1 aromatic heterocycles. The van der Waals surface area contributed by atoms with Crippen LogP contribution in [0.4, 0.5) is 0 Å². The van der Waals surface area contributed by atoms with Crippen molar-refractivity contribution in [2.75, 3.05) is 20.3 Å². The Labute approximate surface area is 222 Å². The van der Waals surface area contributed by atoms with Gasteiger partial charge in [-0.15, -0.1) is 0 Å². The van der Waals surface area contributed by atoms with E-state index in [9.17, 15) is 9.59 Å². The molecule has 0 aliphatic rings. The molecule has 1 heterocycles. The molecule has 6 heteroatoms. The summed E-state index contributed by atoms with van der Waals surface area (Å²) >= 11 is 0. The van der Waals surface area contributed by atoms with Gasteiger partial charge in [0.2, 0.25) is 0 Å². The zero-order valence-corrected chi connectivity index (χ0v) is 22.1. The summed E-state index contributed by atoms with van der Waals surface area (Å²) in [4.78, 5) is 34.8. The molecule has 0 saturated heterocycles. The van der Waals surface area contributed by atoms with Crippen molar-refractivity contribution < 1.29 is 9.53 Å². The van der Waals surface area contributed by atoms with Gasteiger partial charge >= 0.3 is 0 Å². The Morgan fingerprint density at radius 2 is 1.66 bits per heavy atom. The van der Waals surface area contributed by atoms with Gasteiger partial charge in [0.25, 0.3) is 11.5 Å². The second kappa shape index (κ2) is 10.6. The minimum Gasteiger partial charge on any atom is -0.383 e. The zero-order valence-electron chi connectivity index (χ0n) is 22.1. The maximum atomic E-state index is 14.1. The molecule has 0 saturated carbocycles. The predicted octanol–water partition coefficient (Wildman–Crippen LogP) is 6.01. The van der Waals surface area contributed by atoms with Gasteiger partial charge in [-0.3, -0.25) is 14.2 Å². The highest BCUT2D eigenvalue weighted by Gasteiger charge is 2.28. The number of benzene rings is 4. The lowest BCUT2D eigenvalue weighted by Crippen LogP contribution is -2.39. The highest BCUT2D eigenvalue weighted by Crippen LogP contribution is 2.28. The third kappa shape index (κ3) is 4.59. The van der Waals surface area contributed by atoms with Gasteiger partial charge in [0.15, 0.2) is 0 Å². The minimum atomic E-state index is -0.519. The van der Waals surface area contributed by atoms with E-state index in [0.29, 0.717) is 35.4 Å². The van der Waals surface area contributed by atoms with Crippen molar-refractivity contribution in [3.05, 3.63) is 118 Å². The molecule has 38 heavy (non-hydrogen) atoms. The molecular weight excluding hydrogens is 474 g/mol. The fourth-order valence-corrected chi connectivity index (χ4v) is 5.09. The van der Waals surface area contributed by atoms with E-state index in [4.69, 9.17) is 9.72 Å². The third-order valence-electron chi connectivity index (χ3n) is 7.05. The van der Waals surface area contributed by atoms with Gasteiger partial charge in [-0.1, -0.05) is 66.2 Å². The fourth-order valence-electron chi connectivity index (χ4n) is 5.09. The molecule has 5 aromatic rings. The van der Waals surface area contributed by atoms with Crippen LogP contribution in [0.3, 0.4) is 0 Å². The van der Waals surface area contributed by atoms with Gasteiger partial charge in [-0.05, 0) is 61.4 Å². The molecule has 0 aliphatic carbocycles. The van der Waals surface area contributed by atoms with E-state index in [0.717, 1.165) is 27.6 Å². The summed E-state index contributed by atoms with van der Waals surface area (Å²) in [5, 5.41) is 2.41. The van der Waals surface area contributed by atoms with Crippen molar-refractivity contribution in [3.8, 4) is 5.69 Å². The molecule has 0 aliphatic heterocycles. The monoisotopic (exact) mass is 505 g/mol. The molecule has 0 fully saturated rings. The topological polar surface area (TPSA) is 64.4 Å². The number of hydrogen-bond donors (Lipinski definition) is 0. The zero-order chi connectivity index (χ0) is 26.8. The standard InChI is InChI=1S/C32H31N3O3/c1-21-16-17-29(22(2)20-21)35-30(33-28-15-8-7-13-27(28)32(35)37)23(3)34(18-19-38-4)31(36)26-14-9-11-24-10-5-6-12-25(24)26/h5-17,20,23H,18-19H2,1-4H3. The molecule has 6 nitrogen and oxygen atoms in total. The lowest BCUT2D eigenvalue weighted by molar-refractivity contribution is 0.0607. The van der Waals surface area contributed by atoms with Crippen LogP contribution >= 0.6 is 0 Å². The summed E-state index contributed by atoms with van der Waals surface area (Å²) in [6.45, 7) is 6.63. The average Bonchev–Trinajstić information content (AvgIpc) is 2.93. The first-order valence-corrected chi connectivity index (χ1v) is 12.8. The highest BCUT2D eigenvalue weighted by atomic mass is 16.5. The van der Waals surface area contributed by atoms with Crippen molar-refractivity contribution in [3.63, 3.8) is 0 Å². The minimum absolute atomic E-state index is 0.138. The van der Waals surface area contributed by atoms with Crippen molar-refractivity contribution in [1.29, 1.82) is 0 Å². The summed E-state index contributed by atoms with van der Waals surface area (Å²) in [5.74, 6) is 0.367. The van der Waals surface area contributed by atoms with Crippen molar-refractivity contribution in [1.82, 2.24) is 14.5 Å². The summed E-state index contributed by atoms with van der Waals surface area (Å²) in [7, 11) is 1.62. The van der Waals surface area contributed by atoms with Crippen LogP contribution in [0, 0.1) is 13.8 Å². The van der Waals surface area contributed by atoms with E-state index >= 15 is 0 Å². The van der Waals surface area contributed by atoms with Gasteiger partial charge in [0, 0.05) is 19.2 Å². The number of para-hydroxylation sites is 1. The quantitative estimate of drug-likeness (QED) is 0.272. The van der Waals surface area contributed by atoms with Crippen LogP contribution in [0.25, 0.3) is 27.4 Å². The number of carbonyl (C=O) groups is 1. The smallest absolute Gasteiger partial charge is 0.266 e. The molecule has 4 aromatic carbocycles. The largest absolute Gasteiger partial charge is 0.383 e. The second-order valence-electron chi connectivity index (χ2n) is 9.61. The van der Waals surface area contributed by atoms with Crippen LogP contribution in [0.5, 0.6) is 0 Å². The van der Waals surface area contributed by atoms with Gasteiger partial charge < -0.3 is 9.64 Å². The molecule has 1 atom stereocenters. The molecular formula is C32H31N3O3. The first-order chi connectivity index (χ1) is 18.4. The Hall–Kier alpha value is -4.29. The Bertz CT molecular complexity index is 1700. The van der Waals surface area contributed by atoms with Gasteiger partial charge in [-0.2, -0.15) is 0 Å². The van der Waals surface area contributed by atoms with Gasteiger partial charge in [-0.25, -0.2) is 4.98 Å². The van der Waals surface area contributed by atoms with Crippen LogP contribution in [0.1, 0.15) is 40.3 Å². The number of amides is 1. The molecule has 5 rings (SSSR count). The van der Waals surface area contributed by atoms with E-state index in [-0.39, 0.29) is 11.5 Å². The van der Waals surface area contributed by atoms with E-state index in [1.807, 2.05) is 93.6 Å². The number of carbonyl (C=O) groups excluding carboxylic acids is 1. The van der Waals surface area contributed by atoms with Gasteiger partial charge in [0.05, 0.1) is 29.2 Å². The normalized spacial score (nSPS) is 12.1. The maximum absolute atomic E-state index is 14.1. The Balaban J connectivity index is 1.71. The summed E-state index contributed by atoms with van der Waals surface area (Å²) < 4.78 is 7.05. The first kappa shape index (κ1) is 25.4. The molecule has 0 spiro atoms. The molecule has 192 valence electrons. The first-order valence-electron chi connectivity index (χ1n) is 12.8. The number of methoxy groups -OCH3 is 1. The molecule has 1 amide bonds.